The van der Waals surface area contributed by atoms with Crippen molar-refractivity contribution < 1.29 is 21.9 Å². The topological polar surface area (TPSA) is 71.0 Å². The number of guanidine groups is 1. The molecule has 1 heterocycles. The third kappa shape index (κ3) is 4.81. The van der Waals surface area contributed by atoms with Gasteiger partial charge in [-0.3, -0.25) is 4.99 Å². The molecule has 1 saturated heterocycles. The summed E-state index contributed by atoms with van der Waals surface area (Å²) in [4.78, 5) is 6.09. The maximum atomic E-state index is 12.3. The van der Waals surface area contributed by atoms with Crippen LogP contribution in [-0.2, 0) is 16.4 Å². The number of aliphatic imine (C=N–C) groups is 1. The van der Waals surface area contributed by atoms with Gasteiger partial charge in [-0.05, 0) is 31.5 Å². The van der Waals surface area contributed by atoms with Gasteiger partial charge in [-0.2, -0.15) is 8.78 Å². The van der Waals surface area contributed by atoms with Crippen LogP contribution in [0.5, 0.6) is 5.75 Å². The third-order valence-electron chi connectivity index (χ3n) is 4.13. The minimum absolute atomic E-state index is 0.0679. The molecule has 0 aromatic heterocycles. The van der Waals surface area contributed by atoms with Crippen LogP contribution in [0.4, 0.5) is 8.78 Å². The molecule has 0 amide bonds. The second-order valence-corrected chi connectivity index (χ2v) is 9.17. The number of rotatable bonds is 4. The fourth-order valence-corrected chi connectivity index (χ4v) is 4.04. The zero-order valence-electron chi connectivity index (χ0n) is 14.5. The first-order valence-electron chi connectivity index (χ1n) is 7.86. The second-order valence-electron chi connectivity index (χ2n) is 6.43. The van der Waals surface area contributed by atoms with Gasteiger partial charge in [-0.15, -0.1) is 0 Å². The van der Waals surface area contributed by atoms with E-state index in [-0.39, 0.29) is 11.5 Å². The van der Waals surface area contributed by atoms with Crippen molar-refractivity contribution in [3.63, 3.8) is 0 Å². The molecule has 1 aliphatic heterocycles. The highest BCUT2D eigenvalue weighted by molar-refractivity contribution is 7.92. The van der Waals surface area contributed by atoms with Gasteiger partial charge >= 0.3 is 6.61 Å². The highest BCUT2D eigenvalue weighted by Crippen LogP contribution is 2.23. The van der Waals surface area contributed by atoms with Crippen molar-refractivity contribution in [1.82, 2.24) is 10.2 Å². The Labute approximate surface area is 146 Å². The predicted molar refractivity (Wildman–Crippen MR) is 92.7 cm³/mol. The van der Waals surface area contributed by atoms with E-state index < -0.39 is 21.2 Å². The van der Waals surface area contributed by atoms with Crippen LogP contribution in [0, 0.1) is 0 Å². The molecule has 0 bridgehead atoms. The van der Waals surface area contributed by atoms with E-state index in [0.717, 1.165) is 5.56 Å². The molecule has 140 valence electrons. The maximum absolute atomic E-state index is 12.3. The van der Waals surface area contributed by atoms with Crippen LogP contribution in [0.25, 0.3) is 0 Å². The van der Waals surface area contributed by atoms with Crippen LogP contribution < -0.4 is 10.1 Å². The summed E-state index contributed by atoms with van der Waals surface area (Å²) in [7, 11) is -1.51. The molecule has 0 unspecified atom stereocenters. The largest absolute Gasteiger partial charge is 0.435 e. The Bertz CT molecular complexity index is 736. The van der Waals surface area contributed by atoms with Crippen LogP contribution in [-0.4, -0.2) is 56.5 Å². The van der Waals surface area contributed by atoms with Crippen molar-refractivity contribution in [3.8, 4) is 5.75 Å². The van der Waals surface area contributed by atoms with Crippen LogP contribution >= 0.6 is 0 Å². The summed E-state index contributed by atoms with van der Waals surface area (Å²) in [6, 6.07) is 6.40. The van der Waals surface area contributed by atoms with Crippen LogP contribution in [0.3, 0.4) is 0 Å². The standard InChI is InChI=1S/C16H23F2N3O3S/c1-16(2)11-21(7-8-25(16,22)23)15(19-3)20-10-12-5-4-6-13(9-12)24-14(17)18/h4-6,9,14H,7-8,10-11H2,1-3H3,(H,19,20). The fourth-order valence-electron chi connectivity index (χ4n) is 2.67. The molecule has 0 aliphatic carbocycles. The van der Waals surface area contributed by atoms with E-state index in [1.165, 1.54) is 12.1 Å². The number of hydrogen-bond donors (Lipinski definition) is 1. The summed E-state index contributed by atoms with van der Waals surface area (Å²) < 4.78 is 52.3. The summed E-state index contributed by atoms with van der Waals surface area (Å²) in [5.41, 5.74) is 0.753. The monoisotopic (exact) mass is 375 g/mol. The van der Waals surface area contributed by atoms with E-state index in [9.17, 15) is 17.2 Å². The molecule has 1 N–H and O–H groups in total. The zero-order chi connectivity index (χ0) is 18.7. The molecule has 1 aliphatic rings. The van der Waals surface area contributed by atoms with Crippen molar-refractivity contribution in [2.75, 3.05) is 25.9 Å². The SMILES string of the molecule is CN=C(NCc1cccc(OC(F)F)c1)N1CCS(=O)(=O)C(C)(C)C1. The van der Waals surface area contributed by atoms with Gasteiger partial charge in [0.25, 0.3) is 0 Å². The lowest BCUT2D eigenvalue weighted by atomic mass is 10.2. The first-order chi connectivity index (χ1) is 11.6. The van der Waals surface area contributed by atoms with Gasteiger partial charge in [-0.25, -0.2) is 8.42 Å². The summed E-state index contributed by atoms with van der Waals surface area (Å²) >= 11 is 0. The molecule has 0 atom stereocenters. The van der Waals surface area contributed by atoms with Gasteiger partial charge in [0.2, 0.25) is 0 Å². The number of benzene rings is 1. The minimum Gasteiger partial charge on any atom is -0.435 e. The number of sulfone groups is 1. The zero-order valence-corrected chi connectivity index (χ0v) is 15.3. The average Bonchev–Trinajstić information content (AvgIpc) is 2.51. The molecule has 9 heteroatoms. The first kappa shape index (κ1) is 19.4. The molecule has 6 nitrogen and oxygen atoms in total. The number of alkyl halides is 2. The van der Waals surface area contributed by atoms with Crippen LogP contribution in [0.1, 0.15) is 19.4 Å². The molecule has 25 heavy (non-hydrogen) atoms. The molecule has 1 aromatic carbocycles. The van der Waals surface area contributed by atoms with E-state index in [4.69, 9.17) is 0 Å². The summed E-state index contributed by atoms with van der Waals surface area (Å²) in [5, 5.41) is 3.14. The van der Waals surface area contributed by atoms with Gasteiger partial charge in [0.05, 0.1) is 10.5 Å². The Kier molecular flexibility index (Phi) is 5.87. The lowest BCUT2D eigenvalue weighted by molar-refractivity contribution is -0.0498. The normalized spacial score (nSPS) is 19.8. The number of nitrogens with one attached hydrogen (secondary N) is 1. The van der Waals surface area contributed by atoms with Crippen molar-refractivity contribution >= 4 is 15.8 Å². The van der Waals surface area contributed by atoms with Crippen LogP contribution in [0.15, 0.2) is 29.3 Å². The molecule has 0 radical (unpaired) electrons. The van der Waals surface area contributed by atoms with E-state index in [0.29, 0.717) is 25.6 Å². The highest BCUT2D eigenvalue weighted by Gasteiger charge is 2.40. The van der Waals surface area contributed by atoms with Gasteiger partial charge < -0.3 is 15.0 Å². The maximum Gasteiger partial charge on any atom is 0.387 e. The predicted octanol–water partition coefficient (Wildman–Crippen LogP) is 1.87. The molecule has 2 rings (SSSR count). The Balaban J connectivity index is 2.02. The highest BCUT2D eigenvalue weighted by atomic mass is 32.2. The Morgan fingerprint density at radius 3 is 2.76 bits per heavy atom. The number of halogens is 2. The smallest absolute Gasteiger partial charge is 0.387 e. The number of nitrogens with zero attached hydrogens (tertiary/aromatic N) is 2. The van der Waals surface area contributed by atoms with Crippen LogP contribution in [0.2, 0.25) is 0 Å². The Morgan fingerprint density at radius 2 is 2.16 bits per heavy atom. The first-order valence-corrected chi connectivity index (χ1v) is 9.51. The Morgan fingerprint density at radius 1 is 1.44 bits per heavy atom. The minimum atomic E-state index is -3.13. The molecular weight excluding hydrogens is 352 g/mol. The molecule has 0 saturated carbocycles. The van der Waals surface area contributed by atoms with E-state index in [1.54, 1.807) is 33.0 Å². The summed E-state index contributed by atoms with van der Waals surface area (Å²) in [6.45, 7) is 1.59. The van der Waals surface area contributed by atoms with Crippen molar-refractivity contribution in [2.24, 2.45) is 4.99 Å². The number of hydrogen-bond acceptors (Lipinski definition) is 4. The summed E-state index contributed by atoms with van der Waals surface area (Å²) in [5.74, 6) is 0.732. The molecule has 1 fully saturated rings. The fraction of sp³-hybridized carbons (Fsp3) is 0.562. The van der Waals surface area contributed by atoms with Gasteiger partial charge in [0.1, 0.15) is 5.75 Å². The average molecular weight is 375 g/mol. The van der Waals surface area contributed by atoms with Crippen molar-refractivity contribution in [1.29, 1.82) is 0 Å². The van der Waals surface area contributed by atoms with Gasteiger partial charge in [0.15, 0.2) is 15.8 Å². The van der Waals surface area contributed by atoms with Gasteiger partial charge in [0, 0.05) is 26.7 Å². The number of ether oxygens (including phenoxy) is 1. The van der Waals surface area contributed by atoms with E-state index in [2.05, 4.69) is 15.0 Å². The third-order valence-corrected chi connectivity index (χ3v) is 6.66. The lowest BCUT2D eigenvalue weighted by Gasteiger charge is -2.39. The molecule has 1 aromatic rings. The van der Waals surface area contributed by atoms with E-state index in [1.807, 2.05) is 4.90 Å². The molecular formula is C16H23F2N3O3S. The van der Waals surface area contributed by atoms with Crippen molar-refractivity contribution in [2.45, 2.75) is 31.8 Å². The van der Waals surface area contributed by atoms with Crippen molar-refractivity contribution in [3.05, 3.63) is 29.8 Å². The Hall–Kier alpha value is -1.90. The lowest BCUT2D eigenvalue weighted by Crippen LogP contribution is -2.57. The molecule has 0 spiro atoms. The quantitative estimate of drug-likeness (QED) is 0.643. The summed E-state index contributed by atoms with van der Waals surface area (Å²) in [6.07, 6.45) is 0. The second kappa shape index (κ2) is 7.55. The van der Waals surface area contributed by atoms with E-state index >= 15 is 0 Å². The van der Waals surface area contributed by atoms with Gasteiger partial charge in [-0.1, -0.05) is 12.1 Å².